The molecule has 0 unspecified atom stereocenters. The number of carboxylic acid groups (broad SMARTS) is 1. The molecule has 94 valence electrons. The van der Waals surface area contributed by atoms with Crippen LogP contribution in [-0.4, -0.2) is 21.0 Å². The van der Waals surface area contributed by atoms with E-state index in [0.717, 1.165) is 10.7 Å². The van der Waals surface area contributed by atoms with Gasteiger partial charge in [0.2, 0.25) is 5.88 Å². The molecule has 0 aliphatic rings. The number of H-pyrrole nitrogens is 1. The number of benzene rings is 1. The summed E-state index contributed by atoms with van der Waals surface area (Å²) in [6, 6.07) is 5.54. The first-order chi connectivity index (χ1) is 8.47. The Balaban J connectivity index is 2.51. The van der Waals surface area contributed by atoms with Gasteiger partial charge in [-0.2, -0.15) is 0 Å². The molecule has 0 aliphatic carbocycles. The molecule has 1 aromatic heterocycles. The van der Waals surface area contributed by atoms with Crippen molar-refractivity contribution in [3.8, 4) is 11.6 Å². The summed E-state index contributed by atoms with van der Waals surface area (Å²) >= 11 is 11.7. The molecule has 0 aliphatic heterocycles. The van der Waals surface area contributed by atoms with Gasteiger partial charge in [-0.05, 0) is 18.2 Å². The van der Waals surface area contributed by atoms with E-state index in [4.69, 9.17) is 28.3 Å². The highest BCUT2D eigenvalue weighted by Gasteiger charge is 2.11. The van der Waals surface area contributed by atoms with Crippen LogP contribution in [0, 0.1) is 0 Å². The fourth-order valence-corrected chi connectivity index (χ4v) is 1.73. The van der Waals surface area contributed by atoms with Gasteiger partial charge in [-0.3, -0.25) is 9.89 Å². The van der Waals surface area contributed by atoms with Gasteiger partial charge in [-0.15, -0.1) is 0 Å². The maximum atomic E-state index is 11.6. The zero-order valence-corrected chi connectivity index (χ0v) is 10.2. The minimum atomic E-state index is -1.53. The lowest BCUT2D eigenvalue weighted by atomic mass is 10.3. The second-order valence-electron chi connectivity index (χ2n) is 3.26. The first-order valence-electron chi connectivity index (χ1n) is 4.65. The Morgan fingerprint density at radius 2 is 2.06 bits per heavy atom. The Kier molecular flexibility index (Phi) is 3.31. The van der Waals surface area contributed by atoms with Gasteiger partial charge >= 0.3 is 6.16 Å². The van der Waals surface area contributed by atoms with Crippen molar-refractivity contribution in [3.05, 3.63) is 44.7 Å². The molecule has 0 fully saturated rings. The van der Waals surface area contributed by atoms with E-state index < -0.39 is 11.7 Å². The second-order valence-corrected chi connectivity index (χ2v) is 4.10. The standard InChI is InChI=1S/C10H6Cl2N2O4/c11-5-1-2-6(12)7(3-5)14-9(15)4-8(13-14)18-10(16)17/h1-4,13H,(H,16,17). The van der Waals surface area contributed by atoms with Crippen LogP contribution < -0.4 is 10.3 Å². The van der Waals surface area contributed by atoms with E-state index >= 15 is 0 Å². The van der Waals surface area contributed by atoms with Gasteiger partial charge in [0, 0.05) is 5.02 Å². The van der Waals surface area contributed by atoms with E-state index in [2.05, 4.69) is 9.84 Å². The molecule has 0 radical (unpaired) electrons. The molecule has 0 bridgehead atoms. The lowest BCUT2D eigenvalue weighted by molar-refractivity contribution is 0.142. The maximum Gasteiger partial charge on any atom is 0.512 e. The number of rotatable bonds is 2. The van der Waals surface area contributed by atoms with E-state index in [1.54, 1.807) is 6.07 Å². The third-order valence-electron chi connectivity index (χ3n) is 2.04. The highest BCUT2D eigenvalue weighted by Crippen LogP contribution is 2.23. The van der Waals surface area contributed by atoms with Gasteiger partial charge in [0.1, 0.15) is 0 Å². The van der Waals surface area contributed by atoms with E-state index in [-0.39, 0.29) is 10.9 Å². The van der Waals surface area contributed by atoms with Crippen LogP contribution in [0.4, 0.5) is 4.79 Å². The van der Waals surface area contributed by atoms with E-state index in [0.29, 0.717) is 10.7 Å². The number of aromatic nitrogens is 2. The lowest BCUT2D eigenvalue weighted by Gasteiger charge is -2.04. The monoisotopic (exact) mass is 288 g/mol. The van der Waals surface area contributed by atoms with Crippen molar-refractivity contribution < 1.29 is 14.6 Å². The zero-order valence-electron chi connectivity index (χ0n) is 8.68. The topological polar surface area (TPSA) is 84.3 Å². The largest absolute Gasteiger partial charge is 0.512 e. The predicted molar refractivity (Wildman–Crippen MR) is 65.1 cm³/mol. The second kappa shape index (κ2) is 4.75. The molecule has 2 aromatic rings. The van der Waals surface area contributed by atoms with Gasteiger partial charge in [-0.25, -0.2) is 9.48 Å². The van der Waals surface area contributed by atoms with Crippen LogP contribution in [0.1, 0.15) is 0 Å². The summed E-state index contributed by atoms with van der Waals surface area (Å²) in [5.41, 5.74) is -0.218. The third-order valence-corrected chi connectivity index (χ3v) is 2.60. The molecule has 18 heavy (non-hydrogen) atoms. The molecule has 0 saturated heterocycles. The molecule has 0 amide bonds. The van der Waals surface area contributed by atoms with Gasteiger partial charge in [0.15, 0.2) is 0 Å². The number of aromatic amines is 1. The number of ether oxygens (including phenoxy) is 1. The normalized spacial score (nSPS) is 10.3. The summed E-state index contributed by atoms with van der Waals surface area (Å²) in [6.07, 6.45) is -1.53. The fraction of sp³-hybridized carbons (Fsp3) is 0. The smallest absolute Gasteiger partial charge is 0.449 e. The Hall–Kier alpha value is -1.92. The molecule has 1 heterocycles. The van der Waals surface area contributed by atoms with E-state index in [1.165, 1.54) is 12.1 Å². The molecule has 2 rings (SSSR count). The van der Waals surface area contributed by atoms with Crippen molar-refractivity contribution in [2.45, 2.75) is 0 Å². The highest BCUT2D eigenvalue weighted by atomic mass is 35.5. The lowest BCUT2D eigenvalue weighted by Crippen LogP contribution is -2.13. The average molecular weight is 289 g/mol. The average Bonchev–Trinajstić information content (AvgIpc) is 2.62. The molecule has 8 heteroatoms. The summed E-state index contributed by atoms with van der Waals surface area (Å²) in [4.78, 5) is 22.0. The Bertz CT molecular complexity index is 662. The number of halogens is 2. The van der Waals surface area contributed by atoms with E-state index in [9.17, 15) is 9.59 Å². The van der Waals surface area contributed by atoms with E-state index in [1.807, 2.05) is 0 Å². The number of nitrogens with one attached hydrogen (secondary N) is 1. The highest BCUT2D eigenvalue weighted by molar-refractivity contribution is 6.34. The van der Waals surface area contributed by atoms with Gasteiger partial charge in [0.25, 0.3) is 5.56 Å². The van der Waals surface area contributed by atoms with Gasteiger partial charge in [-0.1, -0.05) is 23.2 Å². The Morgan fingerprint density at radius 1 is 1.33 bits per heavy atom. The molecular formula is C10H6Cl2N2O4. The quantitative estimate of drug-likeness (QED) is 0.832. The van der Waals surface area contributed by atoms with Crippen molar-refractivity contribution in [1.29, 1.82) is 0 Å². The van der Waals surface area contributed by atoms with Crippen LogP contribution in [0.25, 0.3) is 5.69 Å². The first-order valence-corrected chi connectivity index (χ1v) is 5.41. The van der Waals surface area contributed by atoms with Crippen LogP contribution in [0.3, 0.4) is 0 Å². The number of hydrogen-bond acceptors (Lipinski definition) is 3. The van der Waals surface area contributed by atoms with Crippen molar-refractivity contribution in [2.24, 2.45) is 0 Å². The van der Waals surface area contributed by atoms with Gasteiger partial charge < -0.3 is 9.84 Å². The van der Waals surface area contributed by atoms with Crippen LogP contribution in [-0.2, 0) is 0 Å². The summed E-state index contributed by atoms with van der Waals surface area (Å²) in [5.74, 6) is -0.205. The Labute approximate surface area is 110 Å². The maximum absolute atomic E-state index is 11.6. The molecule has 0 spiro atoms. The summed E-state index contributed by atoms with van der Waals surface area (Å²) in [5, 5.41) is 11.6. The Morgan fingerprint density at radius 3 is 2.72 bits per heavy atom. The van der Waals surface area contributed by atoms with Crippen LogP contribution in [0.2, 0.25) is 10.0 Å². The molecular weight excluding hydrogens is 283 g/mol. The molecule has 6 nitrogen and oxygen atoms in total. The number of hydrogen-bond donors (Lipinski definition) is 2. The van der Waals surface area contributed by atoms with Crippen LogP contribution in [0.15, 0.2) is 29.1 Å². The molecule has 0 saturated carbocycles. The SMILES string of the molecule is O=C(O)Oc1cc(=O)n(-c2cc(Cl)ccc2Cl)[nH]1. The number of carbonyl (C=O) groups is 1. The summed E-state index contributed by atoms with van der Waals surface area (Å²) in [6.45, 7) is 0. The zero-order chi connectivity index (χ0) is 13.3. The van der Waals surface area contributed by atoms with Crippen molar-refractivity contribution in [2.75, 3.05) is 0 Å². The number of nitrogens with zero attached hydrogens (tertiary/aromatic N) is 1. The van der Waals surface area contributed by atoms with Crippen LogP contribution >= 0.6 is 23.2 Å². The van der Waals surface area contributed by atoms with Crippen molar-refractivity contribution >= 4 is 29.4 Å². The van der Waals surface area contributed by atoms with Crippen LogP contribution in [0.5, 0.6) is 5.88 Å². The molecule has 1 aromatic carbocycles. The summed E-state index contributed by atoms with van der Waals surface area (Å²) < 4.78 is 5.37. The minimum absolute atomic E-state index is 0.205. The predicted octanol–water partition coefficient (Wildman–Crippen LogP) is 2.53. The van der Waals surface area contributed by atoms with Gasteiger partial charge in [0.05, 0.1) is 16.8 Å². The first kappa shape index (κ1) is 12.5. The summed E-state index contributed by atoms with van der Waals surface area (Å²) in [7, 11) is 0. The van der Waals surface area contributed by atoms with Crippen molar-refractivity contribution in [3.63, 3.8) is 0 Å². The minimum Gasteiger partial charge on any atom is -0.449 e. The molecule has 0 atom stereocenters. The third kappa shape index (κ3) is 2.49. The fourth-order valence-electron chi connectivity index (χ4n) is 1.36. The molecule has 2 N–H and O–H groups in total. The van der Waals surface area contributed by atoms with Crippen molar-refractivity contribution in [1.82, 2.24) is 9.78 Å².